The summed E-state index contributed by atoms with van der Waals surface area (Å²) in [6, 6.07) is 8.02. The van der Waals surface area contributed by atoms with Crippen LogP contribution in [0.3, 0.4) is 0 Å². The first kappa shape index (κ1) is 24.2. The van der Waals surface area contributed by atoms with Crippen LogP contribution in [0, 0.1) is 30.6 Å². The maximum absolute atomic E-state index is 13.5. The number of primary amides is 1. The number of carbonyl (C=O) groups excluding carboxylic acids is 2. The number of carboxylic acid groups (broad SMARTS) is 1. The van der Waals surface area contributed by atoms with Gasteiger partial charge in [0.2, 0.25) is 5.91 Å². The average molecular weight is 481 g/mol. The molecule has 1 aromatic heterocycles. The van der Waals surface area contributed by atoms with Crippen molar-refractivity contribution in [3.63, 3.8) is 0 Å². The van der Waals surface area contributed by atoms with Crippen molar-refractivity contribution in [1.29, 1.82) is 0 Å². The van der Waals surface area contributed by atoms with Gasteiger partial charge >= 0.3 is 5.97 Å². The minimum atomic E-state index is -0.936. The van der Waals surface area contributed by atoms with Gasteiger partial charge < -0.3 is 16.2 Å². The van der Waals surface area contributed by atoms with E-state index < -0.39 is 23.7 Å². The Bertz CT molecular complexity index is 1190. The molecule has 0 unspecified atom stereocenters. The molecule has 2 aromatic rings. The predicted octanol–water partition coefficient (Wildman–Crippen LogP) is 5.58. The van der Waals surface area contributed by atoms with Crippen LogP contribution in [0.15, 0.2) is 35.4 Å². The summed E-state index contributed by atoms with van der Waals surface area (Å²) in [5.41, 5.74) is 11.1. The molecule has 6 nitrogen and oxygen atoms in total. The largest absolute Gasteiger partial charge is 0.481 e. The van der Waals surface area contributed by atoms with Crippen LogP contribution in [0.25, 0.3) is 11.1 Å². The molecule has 7 heteroatoms. The number of nitrogens with two attached hydrogens (primary N) is 1. The number of hydrogen-bond acceptors (Lipinski definition) is 4. The molecule has 0 radical (unpaired) electrons. The number of hydrogen-bond donors (Lipinski definition) is 3. The third-order valence-electron chi connectivity index (χ3n) is 7.44. The molecule has 2 aliphatic rings. The van der Waals surface area contributed by atoms with Gasteiger partial charge in [-0.25, -0.2) is 0 Å². The maximum atomic E-state index is 13.5. The number of amides is 2. The van der Waals surface area contributed by atoms with E-state index in [1.54, 1.807) is 0 Å². The van der Waals surface area contributed by atoms with Gasteiger partial charge in [-0.3, -0.25) is 14.4 Å². The van der Waals surface area contributed by atoms with E-state index in [1.165, 1.54) is 16.9 Å². The number of allylic oxidation sites excluding steroid dienone is 2. The zero-order chi connectivity index (χ0) is 24.9. The van der Waals surface area contributed by atoms with Gasteiger partial charge in [0.1, 0.15) is 5.00 Å². The molecule has 0 spiro atoms. The van der Waals surface area contributed by atoms with Crippen LogP contribution < -0.4 is 11.1 Å². The minimum Gasteiger partial charge on any atom is -0.481 e. The highest BCUT2D eigenvalue weighted by Crippen LogP contribution is 2.57. The number of anilines is 1. The van der Waals surface area contributed by atoms with Crippen LogP contribution >= 0.6 is 11.3 Å². The molecule has 2 saturated carbocycles. The number of benzene rings is 1. The molecule has 1 aromatic carbocycles. The van der Waals surface area contributed by atoms with E-state index >= 15 is 0 Å². The molecule has 34 heavy (non-hydrogen) atoms. The highest BCUT2D eigenvalue weighted by atomic mass is 32.1. The molecular formula is C27H32N2O4S. The van der Waals surface area contributed by atoms with Crippen LogP contribution in [0.2, 0.25) is 0 Å². The van der Waals surface area contributed by atoms with E-state index in [2.05, 4.69) is 19.2 Å². The van der Waals surface area contributed by atoms with Crippen LogP contribution in [0.1, 0.15) is 67.3 Å². The molecule has 0 aliphatic heterocycles. The topological polar surface area (TPSA) is 109 Å². The highest BCUT2D eigenvalue weighted by Gasteiger charge is 2.57. The maximum Gasteiger partial charge on any atom is 0.307 e. The van der Waals surface area contributed by atoms with Crippen molar-refractivity contribution in [3.05, 3.63) is 51.4 Å². The van der Waals surface area contributed by atoms with Crippen LogP contribution in [-0.2, 0) is 9.59 Å². The SMILES string of the molecule is CC(C)=C1[C@H]2CC[C@@H]1[C@@H](C(=O)O)[C@@H]2C(=O)Nc1sc(C)c(-c2ccc(C(C)C)cc2)c1C(N)=O. The fraction of sp³-hybridized carbons (Fsp3) is 0.444. The van der Waals surface area contributed by atoms with Gasteiger partial charge in [-0.05, 0) is 62.5 Å². The van der Waals surface area contributed by atoms with E-state index in [1.807, 2.05) is 45.0 Å². The van der Waals surface area contributed by atoms with E-state index in [4.69, 9.17) is 5.73 Å². The van der Waals surface area contributed by atoms with Gasteiger partial charge in [-0.1, -0.05) is 49.3 Å². The molecule has 180 valence electrons. The van der Waals surface area contributed by atoms with Gasteiger partial charge in [0.05, 0.1) is 17.4 Å². The number of aryl methyl sites for hydroxylation is 1. The summed E-state index contributed by atoms with van der Waals surface area (Å²) in [4.78, 5) is 39.0. The van der Waals surface area contributed by atoms with Crippen molar-refractivity contribution in [2.24, 2.45) is 29.4 Å². The Labute approximate surface area is 204 Å². The Kier molecular flexibility index (Phi) is 6.42. The van der Waals surface area contributed by atoms with E-state index in [-0.39, 0.29) is 23.3 Å². The molecule has 2 fully saturated rings. The zero-order valence-electron chi connectivity index (χ0n) is 20.3. The van der Waals surface area contributed by atoms with Crippen LogP contribution in [-0.4, -0.2) is 22.9 Å². The summed E-state index contributed by atoms with van der Waals surface area (Å²) >= 11 is 1.31. The fourth-order valence-corrected chi connectivity index (χ4v) is 7.13. The predicted molar refractivity (Wildman–Crippen MR) is 135 cm³/mol. The number of nitrogens with one attached hydrogen (secondary N) is 1. The summed E-state index contributed by atoms with van der Waals surface area (Å²) < 4.78 is 0. The second-order valence-electron chi connectivity index (χ2n) is 10.0. The van der Waals surface area contributed by atoms with Gasteiger partial charge in [0, 0.05) is 10.4 Å². The van der Waals surface area contributed by atoms with Crippen LogP contribution in [0.4, 0.5) is 5.00 Å². The molecule has 4 atom stereocenters. The Morgan fingerprint density at radius 1 is 1.06 bits per heavy atom. The molecule has 4 rings (SSSR count). The van der Waals surface area contributed by atoms with Gasteiger partial charge in [-0.2, -0.15) is 0 Å². The number of rotatable bonds is 6. The highest BCUT2D eigenvalue weighted by molar-refractivity contribution is 7.17. The van der Waals surface area contributed by atoms with E-state index in [0.29, 0.717) is 10.9 Å². The molecule has 2 bridgehead atoms. The molecule has 1 heterocycles. The Morgan fingerprint density at radius 3 is 2.15 bits per heavy atom. The summed E-state index contributed by atoms with van der Waals surface area (Å²) in [5, 5.41) is 13.3. The number of carbonyl (C=O) groups is 3. The Hall–Kier alpha value is -2.93. The minimum absolute atomic E-state index is 0.0720. The van der Waals surface area contributed by atoms with Gasteiger partial charge in [0.25, 0.3) is 5.91 Å². The molecule has 2 aliphatic carbocycles. The fourth-order valence-electron chi connectivity index (χ4n) is 6.05. The van der Waals surface area contributed by atoms with Crippen molar-refractivity contribution in [3.8, 4) is 11.1 Å². The monoisotopic (exact) mass is 480 g/mol. The number of carboxylic acids is 1. The number of fused-ring (bicyclic) bond motifs is 2. The standard InChI is InChI=1S/C27H32N2O4S/c1-12(2)15-6-8-16(9-7-15)20-14(5)34-26(23(20)24(28)30)29-25(31)21-17-10-11-18(19(17)13(3)4)22(21)27(32)33/h6-9,12,17-18,21-22H,10-11H2,1-5H3,(H2,28,30)(H,29,31)(H,32,33)/t17-,18+,21-,22-/m1/s1. The second kappa shape index (κ2) is 9.02. The summed E-state index contributed by atoms with van der Waals surface area (Å²) in [7, 11) is 0. The number of thiophene rings is 1. The zero-order valence-corrected chi connectivity index (χ0v) is 21.1. The molecule has 0 saturated heterocycles. The van der Waals surface area contributed by atoms with E-state index in [9.17, 15) is 19.5 Å². The lowest BCUT2D eigenvalue weighted by molar-refractivity contribution is -0.148. The second-order valence-corrected chi connectivity index (χ2v) is 11.2. The Morgan fingerprint density at radius 2 is 1.65 bits per heavy atom. The normalized spacial score (nSPS) is 23.4. The van der Waals surface area contributed by atoms with Crippen LogP contribution in [0.5, 0.6) is 0 Å². The van der Waals surface area contributed by atoms with Crippen molar-refractivity contribution in [2.75, 3.05) is 5.32 Å². The summed E-state index contributed by atoms with van der Waals surface area (Å²) in [5.74, 6) is -3.08. The first-order valence-corrected chi connectivity index (χ1v) is 12.6. The van der Waals surface area contributed by atoms with E-state index in [0.717, 1.165) is 40.0 Å². The smallest absolute Gasteiger partial charge is 0.307 e. The van der Waals surface area contributed by atoms with Crippen molar-refractivity contribution < 1.29 is 19.5 Å². The lowest BCUT2D eigenvalue weighted by Gasteiger charge is -2.26. The third kappa shape index (κ3) is 3.96. The van der Waals surface area contributed by atoms with Crippen molar-refractivity contribution in [2.45, 2.75) is 53.4 Å². The first-order valence-electron chi connectivity index (χ1n) is 11.8. The summed E-state index contributed by atoms with van der Waals surface area (Å²) in [6.45, 7) is 10.1. The van der Waals surface area contributed by atoms with Crippen molar-refractivity contribution in [1.82, 2.24) is 0 Å². The third-order valence-corrected chi connectivity index (χ3v) is 8.46. The van der Waals surface area contributed by atoms with Gasteiger partial charge in [0.15, 0.2) is 0 Å². The lowest BCUT2D eigenvalue weighted by Crippen LogP contribution is -2.38. The number of aliphatic carboxylic acids is 1. The Balaban J connectivity index is 1.70. The molecule has 4 N–H and O–H groups in total. The quantitative estimate of drug-likeness (QED) is 0.469. The average Bonchev–Trinajstić information content (AvgIpc) is 3.42. The summed E-state index contributed by atoms with van der Waals surface area (Å²) in [6.07, 6.45) is 1.61. The molecular weight excluding hydrogens is 448 g/mol. The van der Waals surface area contributed by atoms with Crippen molar-refractivity contribution >= 4 is 34.1 Å². The lowest BCUT2D eigenvalue weighted by atomic mass is 9.78. The first-order chi connectivity index (χ1) is 16.0. The van der Waals surface area contributed by atoms with Gasteiger partial charge in [-0.15, -0.1) is 11.3 Å². The molecule has 2 amide bonds.